The van der Waals surface area contributed by atoms with Gasteiger partial charge in [-0.3, -0.25) is 4.79 Å². The van der Waals surface area contributed by atoms with Gasteiger partial charge in [-0.25, -0.2) is 4.98 Å². The summed E-state index contributed by atoms with van der Waals surface area (Å²) in [5, 5.41) is 0.790. The highest BCUT2D eigenvalue weighted by Crippen LogP contribution is 2.32. The van der Waals surface area contributed by atoms with Gasteiger partial charge in [-0.2, -0.15) is 0 Å². The second kappa shape index (κ2) is 7.22. The number of benzene rings is 1. The van der Waals surface area contributed by atoms with Crippen LogP contribution in [0.3, 0.4) is 0 Å². The van der Waals surface area contributed by atoms with Gasteiger partial charge in [-0.05, 0) is 48.6 Å². The summed E-state index contributed by atoms with van der Waals surface area (Å²) in [6.45, 7) is 1.78. The molecular formula is C19H22ClN3O. The maximum absolute atomic E-state index is 12.4. The number of hydrogen-bond acceptors (Lipinski definition) is 3. The Morgan fingerprint density at radius 2 is 1.96 bits per heavy atom. The maximum atomic E-state index is 12.4. The fourth-order valence-corrected chi connectivity index (χ4v) is 3.44. The van der Waals surface area contributed by atoms with Crippen LogP contribution < -0.4 is 4.90 Å². The van der Waals surface area contributed by atoms with Crippen molar-refractivity contribution < 1.29 is 4.79 Å². The molecule has 5 heteroatoms. The molecule has 1 aromatic carbocycles. The van der Waals surface area contributed by atoms with E-state index in [4.69, 9.17) is 11.6 Å². The molecule has 0 bridgehead atoms. The minimum Gasteiger partial charge on any atom is -0.356 e. The Balaban J connectivity index is 1.75. The third-order valence-corrected chi connectivity index (χ3v) is 4.77. The van der Waals surface area contributed by atoms with Crippen molar-refractivity contribution >= 4 is 23.3 Å². The number of pyridine rings is 1. The number of hydrogen-bond donors (Lipinski definition) is 0. The van der Waals surface area contributed by atoms with E-state index in [0.717, 1.165) is 36.8 Å². The summed E-state index contributed by atoms with van der Waals surface area (Å²) >= 11 is 6.11. The second-order valence-electron chi connectivity index (χ2n) is 6.39. The monoisotopic (exact) mass is 343 g/mol. The molecule has 0 spiro atoms. The second-order valence-corrected chi connectivity index (χ2v) is 6.83. The number of piperidine rings is 1. The lowest BCUT2D eigenvalue weighted by Crippen LogP contribution is -2.35. The summed E-state index contributed by atoms with van der Waals surface area (Å²) in [6, 6.07) is 11.8. The van der Waals surface area contributed by atoms with Gasteiger partial charge in [-0.15, -0.1) is 0 Å². The molecule has 1 saturated heterocycles. The average Bonchev–Trinajstić information content (AvgIpc) is 2.61. The Bertz CT molecular complexity index is 724. The minimum atomic E-state index is -0.00457. The summed E-state index contributed by atoms with van der Waals surface area (Å²) in [5.74, 6) is 1.30. The Kier molecular flexibility index (Phi) is 5.05. The number of carbonyl (C=O) groups excluding carboxylic acids is 1. The number of rotatable bonds is 3. The van der Waals surface area contributed by atoms with Crippen LogP contribution in [0.5, 0.6) is 0 Å². The van der Waals surface area contributed by atoms with E-state index in [0.29, 0.717) is 11.5 Å². The third kappa shape index (κ3) is 3.54. The smallest absolute Gasteiger partial charge is 0.257 e. The van der Waals surface area contributed by atoms with E-state index in [9.17, 15) is 4.79 Å². The largest absolute Gasteiger partial charge is 0.356 e. The summed E-state index contributed by atoms with van der Waals surface area (Å²) < 4.78 is 0. The average molecular weight is 344 g/mol. The minimum absolute atomic E-state index is 0.00457. The van der Waals surface area contributed by atoms with Gasteiger partial charge in [0.2, 0.25) is 0 Å². The van der Waals surface area contributed by atoms with Crippen molar-refractivity contribution in [1.29, 1.82) is 0 Å². The zero-order valence-corrected chi connectivity index (χ0v) is 14.8. The maximum Gasteiger partial charge on any atom is 0.257 e. The number of anilines is 1. The van der Waals surface area contributed by atoms with Crippen molar-refractivity contribution in [3.05, 3.63) is 58.7 Å². The molecule has 1 fully saturated rings. The standard InChI is InChI=1S/C19H22ClN3O/c1-22(2)19(24)17-7-4-10-21-18(17)23-11-8-14(9-12-23)15-5-3-6-16(20)13-15/h3-7,10,13-14H,8-9,11-12H2,1-2H3. The van der Waals surface area contributed by atoms with Crippen LogP contribution >= 0.6 is 11.6 Å². The van der Waals surface area contributed by atoms with Crippen molar-refractivity contribution in [2.75, 3.05) is 32.1 Å². The predicted octanol–water partition coefficient (Wildman–Crippen LogP) is 3.82. The van der Waals surface area contributed by atoms with E-state index >= 15 is 0 Å². The first-order chi connectivity index (χ1) is 11.6. The zero-order chi connectivity index (χ0) is 17.1. The predicted molar refractivity (Wildman–Crippen MR) is 97.9 cm³/mol. The van der Waals surface area contributed by atoms with Crippen LogP contribution in [0.25, 0.3) is 0 Å². The molecule has 0 atom stereocenters. The van der Waals surface area contributed by atoms with Gasteiger partial charge in [0.05, 0.1) is 5.56 Å². The van der Waals surface area contributed by atoms with Gasteiger partial charge in [0.15, 0.2) is 0 Å². The van der Waals surface area contributed by atoms with Crippen molar-refractivity contribution in [2.24, 2.45) is 0 Å². The van der Waals surface area contributed by atoms with Crippen LogP contribution in [0.4, 0.5) is 5.82 Å². The molecule has 1 aliphatic heterocycles. The van der Waals surface area contributed by atoms with Crippen molar-refractivity contribution in [2.45, 2.75) is 18.8 Å². The molecule has 0 saturated carbocycles. The molecular weight excluding hydrogens is 322 g/mol. The Hall–Kier alpha value is -2.07. The highest BCUT2D eigenvalue weighted by Gasteiger charge is 2.25. The van der Waals surface area contributed by atoms with Gasteiger partial charge in [0, 0.05) is 38.4 Å². The van der Waals surface area contributed by atoms with Crippen LogP contribution in [0.1, 0.15) is 34.7 Å². The van der Waals surface area contributed by atoms with E-state index in [1.807, 2.05) is 24.3 Å². The fourth-order valence-electron chi connectivity index (χ4n) is 3.24. The molecule has 4 nitrogen and oxygen atoms in total. The number of nitrogens with zero attached hydrogens (tertiary/aromatic N) is 3. The van der Waals surface area contributed by atoms with Gasteiger partial charge in [-0.1, -0.05) is 23.7 Å². The summed E-state index contributed by atoms with van der Waals surface area (Å²) in [4.78, 5) is 20.7. The molecule has 3 rings (SSSR count). The van der Waals surface area contributed by atoms with Crippen LogP contribution in [0.15, 0.2) is 42.6 Å². The van der Waals surface area contributed by atoms with E-state index in [1.54, 1.807) is 25.2 Å². The van der Waals surface area contributed by atoms with E-state index in [1.165, 1.54) is 5.56 Å². The molecule has 0 aliphatic carbocycles. The fraction of sp³-hybridized carbons (Fsp3) is 0.368. The van der Waals surface area contributed by atoms with Gasteiger partial charge in [0.25, 0.3) is 5.91 Å². The topological polar surface area (TPSA) is 36.4 Å². The van der Waals surface area contributed by atoms with Crippen molar-refractivity contribution in [1.82, 2.24) is 9.88 Å². The highest BCUT2D eigenvalue weighted by molar-refractivity contribution is 6.30. The number of aromatic nitrogens is 1. The summed E-state index contributed by atoms with van der Waals surface area (Å²) in [6.07, 6.45) is 3.82. The first kappa shape index (κ1) is 16.8. The lowest BCUT2D eigenvalue weighted by atomic mass is 9.89. The number of carbonyl (C=O) groups is 1. The quantitative estimate of drug-likeness (QED) is 0.850. The van der Waals surface area contributed by atoms with Crippen LogP contribution in [0, 0.1) is 0 Å². The Morgan fingerprint density at radius 3 is 2.62 bits per heavy atom. The molecule has 0 unspecified atom stereocenters. The zero-order valence-electron chi connectivity index (χ0n) is 14.1. The normalized spacial score (nSPS) is 15.4. The molecule has 24 heavy (non-hydrogen) atoms. The lowest BCUT2D eigenvalue weighted by Gasteiger charge is -2.34. The molecule has 1 aromatic heterocycles. The SMILES string of the molecule is CN(C)C(=O)c1cccnc1N1CCC(c2cccc(Cl)c2)CC1. The Labute approximate surface area is 148 Å². The summed E-state index contributed by atoms with van der Waals surface area (Å²) in [5.41, 5.74) is 1.97. The van der Waals surface area contributed by atoms with Crippen LogP contribution in [-0.2, 0) is 0 Å². The van der Waals surface area contributed by atoms with Crippen LogP contribution in [0.2, 0.25) is 5.02 Å². The summed E-state index contributed by atoms with van der Waals surface area (Å²) in [7, 11) is 3.54. The highest BCUT2D eigenvalue weighted by atomic mass is 35.5. The van der Waals surface area contributed by atoms with E-state index < -0.39 is 0 Å². The molecule has 0 radical (unpaired) electrons. The van der Waals surface area contributed by atoms with E-state index in [-0.39, 0.29) is 5.91 Å². The first-order valence-electron chi connectivity index (χ1n) is 8.23. The van der Waals surface area contributed by atoms with Gasteiger partial charge >= 0.3 is 0 Å². The molecule has 126 valence electrons. The van der Waals surface area contributed by atoms with Crippen molar-refractivity contribution in [3.63, 3.8) is 0 Å². The first-order valence-corrected chi connectivity index (χ1v) is 8.61. The Morgan fingerprint density at radius 1 is 1.21 bits per heavy atom. The van der Waals surface area contributed by atoms with Crippen molar-refractivity contribution in [3.8, 4) is 0 Å². The molecule has 1 aliphatic rings. The molecule has 1 amide bonds. The molecule has 2 aromatic rings. The molecule has 0 N–H and O–H groups in total. The molecule has 2 heterocycles. The van der Waals surface area contributed by atoms with Gasteiger partial charge in [0.1, 0.15) is 5.82 Å². The number of halogens is 1. The third-order valence-electron chi connectivity index (χ3n) is 4.54. The lowest BCUT2D eigenvalue weighted by molar-refractivity contribution is 0.0827. The van der Waals surface area contributed by atoms with Crippen LogP contribution in [-0.4, -0.2) is 43.0 Å². The van der Waals surface area contributed by atoms with E-state index in [2.05, 4.69) is 22.0 Å². The number of amides is 1. The van der Waals surface area contributed by atoms with Gasteiger partial charge < -0.3 is 9.80 Å².